The minimum atomic E-state index is 0. The van der Waals surface area contributed by atoms with Crippen molar-refractivity contribution in [1.82, 2.24) is 15.2 Å². The Hall–Kier alpha value is -0.650. The number of rotatable bonds is 4. The van der Waals surface area contributed by atoms with E-state index in [1.165, 1.54) is 0 Å². The van der Waals surface area contributed by atoms with Gasteiger partial charge in [-0.3, -0.25) is 4.79 Å². The molecule has 1 aromatic rings. The van der Waals surface area contributed by atoms with Crippen LogP contribution in [0, 0.1) is 0 Å². The van der Waals surface area contributed by atoms with Crippen molar-refractivity contribution in [3.05, 3.63) is 28.5 Å². The third-order valence-electron chi connectivity index (χ3n) is 3.16. The Balaban J connectivity index is 0.00000180. The number of hydrogen-bond donors (Lipinski definition) is 1. The van der Waals surface area contributed by atoms with Crippen LogP contribution in [-0.4, -0.2) is 41.5 Å². The summed E-state index contributed by atoms with van der Waals surface area (Å²) < 4.78 is 0.766. The summed E-state index contributed by atoms with van der Waals surface area (Å²) >= 11 is 3.40. The highest BCUT2D eigenvalue weighted by Crippen LogP contribution is 2.18. The summed E-state index contributed by atoms with van der Waals surface area (Å²) in [5, 5.41) is 3.31. The molecule has 0 saturated carbocycles. The van der Waals surface area contributed by atoms with Crippen LogP contribution < -0.4 is 5.32 Å². The largest absolute Gasteiger partial charge is 0.333 e. The molecule has 4 nitrogen and oxygen atoms in total. The molecule has 1 aromatic heterocycles. The average molecular weight is 349 g/mol. The molecule has 1 fully saturated rings. The van der Waals surface area contributed by atoms with Crippen molar-refractivity contribution >= 4 is 34.2 Å². The Morgan fingerprint density at radius 3 is 3.00 bits per heavy atom. The molecule has 1 amide bonds. The Morgan fingerprint density at radius 2 is 2.42 bits per heavy atom. The lowest BCUT2D eigenvalue weighted by molar-refractivity contribution is 0.0685. The van der Waals surface area contributed by atoms with Gasteiger partial charge in [-0.05, 0) is 47.4 Å². The maximum Gasteiger partial charge on any atom is 0.273 e. The summed E-state index contributed by atoms with van der Waals surface area (Å²) in [5.41, 5.74) is 0.512. The number of carbonyl (C=O) groups is 1. The summed E-state index contributed by atoms with van der Waals surface area (Å²) in [6.07, 6.45) is 3.65. The van der Waals surface area contributed by atoms with Gasteiger partial charge in [0.1, 0.15) is 5.69 Å². The zero-order valence-electron chi connectivity index (χ0n) is 10.9. The number of aromatic nitrogens is 1. The van der Waals surface area contributed by atoms with E-state index in [1.54, 1.807) is 6.20 Å². The lowest BCUT2D eigenvalue weighted by atomic mass is 10.2. The van der Waals surface area contributed by atoms with E-state index in [4.69, 9.17) is 0 Å². The smallest absolute Gasteiger partial charge is 0.273 e. The third kappa shape index (κ3) is 3.91. The van der Waals surface area contributed by atoms with Crippen LogP contribution in [0.1, 0.15) is 30.3 Å². The van der Waals surface area contributed by atoms with Crippen LogP contribution in [0.5, 0.6) is 0 Å². The molecule has 0 radical (unpaired) electrons. The Bertz CT molecular complexity index is 424. The molecule has 2 rings (SSSR count). The monoisotopic (exact) mass is 347 g/mol. The first-order valence-corrected chi connectivity index (χ1v) is 7.15. The van der Waals surface area contributed by atoms with Gasteiger partial charge in [0.2, 0.25) is 0 Å². The van der Waals surface area contributed by atoms with E-state index in [2.05, 4.69) is 33.2 Å². The second-order valence-electron chi connectivity index (χ2n) is 4.48. The molecule has 0 bridgehead atoms. The van der Waals surface area contributed by atoms with Crippen molar-refractivity contribution in [2.75, 3.05) is 19.6 Å². The Labute approximate surface area is 128 Å². The molecular formula is C13H19BrClN3O. The summed E-state index contributed by atoms with van der Waals surface area (Å²) in [7, 11) is 0. The van der Waals surface area contributed by atoms with Gasteiger partial charge in [0, 0.05) is 29.8 Å². The normalized spacial score (nSPS) is 17.9. The van der Waals surface area contributed by atoms with E-state index < -0.39 is 0 Å². The Kier molecular flexibility index (Phi) is 6.75. The molecule has 0 spiro atoms. The first kappa shape index (κ1) is 16.4. The number of pyridine rings is 1. The SMILES string of the molecule is CCCN(C(=O)c1ncccc1Br)C1CCNC1.Cl. The van der Waals surface area contributed by atoms with Crippen LogP contribution in [0.4, 0.5) is 0 Å². The standard InChI is InChI=1S/C13H18BrN3O.ClH/c1-2-8-17(10-5-7-15-9-10)13(18)12-11(14)4-3-6-16-12;/h3-4,6,10,15H,2,5,7-9H2,1H3;1H. The van der Waals surface area contributed by atoms with Crippen molar-refractivity contribution in [2.45, 2.75) is 25.8 Å². The molecule has 1 aliphatic heterocycles. The van der Waals surface area contributed by atoms with Gasteiger partial charge in [-0.25, -0.2) is 4.98 Å². The van der Waals surface area contributed by atoms with Gasteiger partial charge in [0.25, 0.3) is 5.91 Å². The van der Waals surface area contributed by atoms with E-state index in [1.807, 2.05) is 17.0 Å². The summed E-state index contributed by atoms with van der Waals surface area (Å²) in [6.45, 7) is 4.75. The topological polar surface area (TPSA) is 45.2 Å². The summed E-state index contributed by atoms with van der Waals surface area (Å²) in [6, 6.07) is 3.98. The molecule has 19 heavy (non-hydrogen) atoms. The van der Waals surface area contributed by atoms with Crippen molar-refractivity contribution in [3.8, 4) is 0 Å². The van der Waals surface area contributed by atoms with Crippen molar-refractivity contribution in [3.63, 3.8) is 0 Å². The van der Waals surface area contributed by atoms with Crippen LogP contribution in [0.15, 0.2) is 22.8 Å². The first-order valence-electron chi connectivity index (χ1n) is 6.36. The minimum absolute atomic E-state index is 0. The fourth-order valence-corrected chi connectivity index (χ4v) is 2.70. The molecule has 0 aromatic carbocycles. The molecule has 1 N–H and O–H groups in total. The fraction of sp³-hybridized carbons (Fsp3) is 0.538. The van der Waals surface area contributed by atoms with E-state index in [9.17, 15) is 4.79 Å². The molecular weight excluding hydrogens is 330 g/mol. The van der Waals surface area contributed by atoms with E-state index >= 15 is 0 Å². The third-order valence-corrected chi connectivity index (χ3v) is 3.80. The number of hydrogen-bond acceptors (Lipinski definition) is 3. The quantitative estimate of drug-likeness (QED) is 0.909. The second kappa shape index (κ2) is 7.82. The number of amides is 1. The molecule has 1 aliphatic rings. The van der Waals surface area contributed by atoms with Gasteiger partial charge in [-0.15, -0.1) is 12.4 Å². The van der Waals surface area contributed by atoms with Crippen molar-refractivity contribution < 1.29 is 4.79 Å². The van der Waals surface area contributed by atoms with Gasteiger partial charge in [0.05, 0.1) is 0 Å². The zero-order valence-corrected chi connectivity index (χ0v) is 13.3. The second-order valence-corrected chi connectivity index (χ2v) is 5.33. The summed E-state index contributed by atoms with van der Waals surface area (Å²) in [4.78, 5) is 18.7. The van der Waals surface area contributed by atoms with Crippen molar-refractivity contribution in [1.29, 1.82) is 0 Å². The number of nitrogens with one attached hydrogen (secondary N) is 1. The van der Waals surface area contributed by atoms with Crippen LogP contribution in [0.25, 0.3) is 0 Å². The van der Waals surface area contributed by atoms with Gasteiger partial charge >= 0.3 is 0 Å². The van der Waals surface area contributed by atoms with Gasteiger partial charge in [0.15, 0.2) is 0 Å². The highest BCUT2D eigenvalue weighted by molar-refractivity contribution is 9.10. The summed E-state index contributed by atoms with van der Waals surface area (Å²) in [5.74, 6) is 0.0259. The van der Waals surface area contributed by atoms with E-state index in [-0.39, 0.29) is 18.3 Å². The molecule has 1 unspecified atom stereocenters. The predicted molar refractivity (Wildman–Crippen MR) is 81.8 cm³/mol. The molecule has 0 aliphatic carbocycles. The zero-order chi connectivity index (χ0) is 13.0. The van der Waals surface area contributed by atoms with Crippen LogP contribution >= 0.6 is 28.3 Å². The Morgan fingerprint density at radius 1 is 1.63 bits per heavy atom. The number of nitrogens with zero attached hydrogens (tertiary/aromatic N) is 2. The van der Waals surface area contributed by atoms with Crippen LogP contribution in [-0.2, 0) is 0 Å². The first-order chi connectivity index (χ1) is 8.74. The minimum Gasteiger partial charge on any atom is -0.333 e. The molecule has 6 heteroatoms. The number of halogens is 2. The molecule has 106 valence electrons. The van der Waals surface area contributed by atoms with Gasteiger partial charge < -0.3 is 10.2 Å². The maximum atomic E-state index is 12.5. The van der Waals surface area contributed by atoms with Crippen LogP contribution in [0.3, 0.4) is 0 Å². The fourth-order valence-electron chi connectivity index (χ4n) is 2.28. The van der Waals surface area contributed by atoms with Gasteiger partial charge in [-0.1, -0.05) is 6.92 Å². The predicted octanol–water partition coefficient (Wildman–Crippen LogP) is 2.48. The lowest BCUT2D eigenvalue weighted by Gasteiger charge is -2.28. The van der Waals surface area contributed by atoms with E-state index in [0.29, 0.717) is 11.7 Å². The molecule has 2 heterocycles. The average Bonchev–Trinajstić information content (AvgIpc) is 2.89. The van der Waals surface area contributed by atoms with Gasteiger partial charge in [-0.2, -0.15) is 0 Å². The maximum absolute atomic E-state index is 12.5. The highest BCUT2D eigenvalue weighted by Gasteiger charge is 2.28. The molecule has 1 atom stereocenters. The van der Waals surface area contributed by atoms with E-state index in [0.717, 1.165) is 36.9 Å². The highest BCUT2D eigenvalue weighted by atomic mass is 79.9. The number of carbonyl (C=O) groups excluding carboxylic acids is 1. The van der Waals surface area contributed by atoms with Crippen molar-refractivity contribution in [2.24, 2.45) is 0 Å². The lowest BCUT2D eigenvalue weighted by Crippen LogP contribution is -2.42. The molecule has 1 saturated heterocycles. The van der Waals surface area contributed by atoms with Crippen LogP contribution in [0.2, 0.25) is 0 Å².